The zero-order valence-corrected chi connectivity index (χ0v) is 17.5. The van der Waals surface area contributed by atoms with E-state index in [0.717, 1.165) is 35.2 Å². The van der Waals surface area contributed by atoms with Crippen molar-refractivity contribution >= 4 is 23.4 Å². The van der Waals surface area contributed by atoms with E-state index in [1.807, 2.05) is 49.4 Å². The summed E-state index contributed by atoms with van der Waals surface area (Å²) in [5.41, 5.74) is 1.82. The second kappa shape index (κ2) is 10.7. The standard InChI is InChI=1S/C21H25N5O2S/c1-3-28-15-7-14-26-20(17-10-12-22-13-11-17)23-24-21(26)29-16-19(27)25(2)18-8-5-4-6-9-18/h4-6,8-13H,3,7,14-16H2,1-2H3. The molecule has 1 amide bonds. The van der Waals surface area contributed by atoms with Gasteiger partial charge < -0.3 is 14.2 Å². The molecule has 0 saturated carbocycles. The number of pyridine rings is 1. The first-order chi connectivity index (χ1) is 14.2. The van der Waals surface area contributed by atoms with Crippen LogP contribution in [0.4, 0.5) is 5.69 Å². The lowest BCUT2D eigenvalue weighted by atomic mass is 10.2. The molecule has 0 aliphatic rings. The van der Waals surface area contributed by atoms with Gasteiger partial charge in [0.25, 0.3) is 0 Å². The average molecular weight is 412 g/mol. The minimum absolute atomic E-state index is 0.00975. The van der Waals surface area contributed by atoms with Crippen molar-refractivity contribution in [2.45, 2.75) is 25.0 Å². The van der Waals surface area contributed by atoms with Crippen molar-refractivity contribution in [1.29, 1.82) is 0 Å². The molecule has 2 heterocycles. The Bertz CT molecular complexity index is 902. The largest absolute Gasteiger partial charge is 0.382 e. The molecular formula is C21H25N5O2S. The molecule has 0 atom stereocenters. The molecule has 152 valence electrons. The monoisotopic (exact) mass is 411 g/mol. The Morgan fingerprint density at radius 3 is 2.62 bits per heavy atom. The Morgan fingerprint density at radius 2 is 1.90 bits per heavy atom. The molecule has 3 rings (SSSR count). The van der Waals surface area contributed by atoms with Crippen LogP contribution in [-0.4, -0.2) is 51.7 Å². The first kappa shape index (κ1) is 21.0. The van der Waals surface area contributed by atoms with E-state index in [-0.39, 0.29) is 11.7 Å². The molecule has 8 heteroatoms. The molecule has 0 N–H and O–H groups in total. The number of carbonyl (C=O) groups is 1. The molecule has 0 fully saturated rings. The number of benzene rings is 1. The van der Waals surface area contributed by atoms with Crippen LogP contribution >= 0.6 is 11.8 Å². The van der Waals surface area contributed by atoms with E-state index >= 15 is 0 Å². The topological polar surface area (TPSA) is 73.1 Å². The van der Waals surface area contributed by atoms with Crippen LogP contribution in [0.15, 0.2) is 60.0 Å². The number of nitrogens with zero attached hydrogens (tertiary/aromatic N) is 5. The highest BCUT2D eigenvalue weighted by molar-refractivity contribution is 7.99. The summed E-state index contributed by atoms with van der Waals surface area (Å²) in [4.78, 5) is 18.4. The molecule has 29 heavy (non-hydrogen) atoms. The Morgan fingerprint density at radius 1 is 1.14 bits per heavy atom. The van der Waals surface area contributed by atoms with Crippen LogP contribution in [0.25, 0.3) is 11.4 Å². The molecule has 0 radical (unpaired) electrons. The summed E-state index contributed by atoms with van der Waals surface area (Å²) in [7, 11) is 1.79. The van der Waals surface area contributed by atoms with Gasteiger partial charge in [-0.15, -0.1) is 10.2 Å². The number of anilines is 1. The van der Waals surface area contributed by atoms with E-state index in [2.05, 4.69) is 19.7 Å². The minimum Gasteiger partial charge on any atom is -0.382 e. The fourth-order valence-corrected chi connectivity index (χ4v) is 3.68. The van der Waals surface area contributed by atoms with E-state index in [1.54, 1.807) is 24.3 Å². The molecule has 7 nitrogen and oxygen atoms in total. The van der Waals surface area contributed by atoms with Gasteiger partial charge in [0.15, 0.2) is 11.0 Å². The van der Waals surface area contributed by atoms with Gasteiger partial charge in [-0.1, -0.05) is 30.0 Å². The highest BCUT2D eigenvalue weighted by Gasteiger charge is 2.17. The highest BCUT2D eigenvalue weighted by atomic mass is 32.2. The van der Waals surface area contributed by atoms with Crippen molar-refractivity contribution in [3.63, 3.8) is 0 Å². The van der Waals surface area contributed by atoms with E-state index in [0.29, 0.717) is 13.2 Å². The summed E-state index contributed by atoms with van der Waals surface area (Å²) < 4.78 is 7.51. The molecule has 1 aromatic carbocycles. The first-order valence-corrected chi connectivity index (χ1v) is 10.5. The van der Waals surface area contributed by atoms with Gasteiger partial charge >= 0.3 is 0 Å². The van der Waals surface area contributed by atoms with Crippen LogP contribution in [-0.2, 0) is 16.1 Å². The predicted molar refractivity (Wildman–Crippen MR) is 115 cm³/mol. The Hall–Kier alpha value is -2.71. The summed E-state index contributed by atoms with van der Waals surface area (Å²) in [6.45, 7) is 4.07. The number of aromatic nitrogens is 4. The van der Waals surface area contributed by atoms with Crippen LogP contribution in [0.3, 0.4) is 0 Å². The molecule has 0 aliphatic carbocycles. The van der Waals surface area contributed by atoms with Gasteiger partial charge in [-0.05, 0) is 37.6 Å². The average Bonchev–Trinajstić information content (AvgIpc) is 3.18. The summed E-state index contributed by atoms with van der Waals surface area (Å²) in [5, 5.41) is 9.43. The molecule has 3 aromatic rings. The lowest BCUT2D eigenvalue weighted by Crippen LogP contribution is -2.28. The molecule has 0 aliphatic heterocycles. The summed E-state index contributed by atoms with van der Waals surface area (Å²) in [6.07, 6.45) is 4.31. The number of hydrogen-bond acceptors (Lipinski definition) is 6. The van der Waals surface area contributed by atoms with E-state index in [1.165, 1.54) is 11.8 Å². The number of ether oxygens (including phenoxy) is 1. The van der Waals surface area contributed by atoms with Gasteiger partial charge in [-0.3, -0.25) is 9.78 Å². The second-order valence-electron chi connectivity index (χ2n) is 6.32. The lowest BCUT2D eigenvalue weighted by molar-refractivity contribution is -0.115. The maximum absolute atomic E-state index is 12.6. The van der Waals surface area contributed by atoms with Gasteiger partial charge in [-0.2, -0.15) is 0 Å². The van der Waals surface area contributed by atoms with Crippen LogP contribution in [0.1, 0.15) is 13.3 Å². The van der Waals surface area contributed by atoms with E-state index < -0.39 is 0 Å². The van der Waals surface area contributed by atoms with Crippen molar-refractivity contribution in [2.24, 2.45) is 0 Å². The number of rotatable bonds is 10. The Kier molecular flexibility index (Phi) is 7.77. The number of hydrogen-bond donors (Lipinski definition) is 0. The van der Waals surface area contributed by atoms with Gasteiger partial charge in [0.05, 0.1) is 5.75 Å². The fourth-order valence-electron chi connectivity index (χ4n) is 2.80. The zero-order chi connectivity index (χ0) is 20.5. The van der Waals surface area contributed by atoms with Crippen LogP contribution < -0.4 is 4.90 Å². The predicted octanol–water partition coefficient (Wildman–Crippen LogP) is 3.52. The molecule has 0 spiro atoms. The van der Waals surface area contributed by atoms with E-state index in [9.17, 15) is 4.79 Å². The maximum atomic E-state index is 12.6. The molecule has 0 saturated heterocycles. The lowest BCUT2D eigenvalue weighted by Gasteiger charge is -2.17. The summed E-state index contributed by atoms with van der Waals surface area (Å²) >= 11 is 1.40. The van der Waals surface area contributed by atoms with Crippen molar-refractivity contribution < 1.29 is 9.53 Å². The van der Waals surface area contributed by atoms with Crippen LogP contribution in [0.5, 0.6) is 0 Å². The minimum atomic E-state index is 0.00975. The normalized spacial score (nSPS) is 10.8. The Balaban J connectivity index is 1.72. The number of para-hydroxylation sites is 1. The highest BCUT2D eigenvalue weighted by Crippen LogP contribution is 2.25. The van der Waals surface area contributed by atoms with Gasteiger partial charge in [-0.25, -0.2) is 0 Å². The molecule has 0 bridgehead atoms. The third-order valence-corrected chi connectivity index (χ3v) is 5.32. The molecule has 2 aromatic heterocycles. The molecule has 0 unspecified atom stereocenters. The number of amides is 1. The third-order valence-electron chi connectivity index (χ3n) is 4.37. The summed E-state index contributed by atoms with van der Waals surface area (Å²) in [5.74, 6) is 1.07. The van der Waals surface area contributed by atoms with Gasteiger partial charge in [0.2, 0.25) is 5.91 Å². The van der Waals surface area contributed by atoms with Crippen LogP contribution in [0, 0.1) is 0 Å². The maximum Gasteiger partial charge on any atom is 0.237 e. The van der Waals surface area contributed by atoms with Crippen molar-refractivity contribution in [2.75, 3.05) is 30.9 Å². The van der Waals surface area contributed by atoms with Crippen molar-refractivity contribution in [1.82, 2.24) is 19.7 Å². The number of carbonyl (C=O) groups excluding carboxylic acids is 1. The van der Waals surface area contributed by atoms with Crippen molar-refractivity contribution in [3.8, 4) is 11.4 Å². The SMILES string of the molecule is CCOCCCn1c(SCC(=O)N(C)c2ccccc2)nnc1-c1ccncc1. The quantitative estimate of drug-likeness (QED) is 0.375. The summed E-state index contributed by atoms with van der Waals surface area (Å²) in [6, 6.07) is 13.4. The fraction of sp³-hybridized carbons (Fsp3) is 0.333. The molecular weight excluding hydrogens is 386 g/mol. The smallest absolute Gasteiger partial charge is 0.237 e. The van der Waals surface area contributed by atoms with Gasteiger partial charge in [0.1, 0.15) is 0 Å². The van der Waals surface area contributed by atoms with Gasteiger partial charge in [0, 0.05) is 50.5 Å². The first-order valence-electron chi connectivity index (χ1n) is 9.56. The second-order valence-corrected chi connectivity index (χ2v) is 7.26. The number of thioether (sulfide) groups is 1. The zero-order valence-electron chi connectivity index (χ0n) is 16.7. The Labute approximate surface area is 175 Å². The van der Waals surface area contributed by atoms with Crippen LogP contribution in [0.2, 0.25) is 0 Å². The van der Waals surface area contributed by atoms with E-state index in [4.69, 9.17) is 4.74 Å². The van der Waals surface area contributed by atoms with Crippen molar-refractivity contribution in [3.05, 3.63) is 54.9 Å². The third kappa shape index (κ3) is 5.65.